The Morgan fingerprint density at radius 3 is 1.18 bits per heavy atom. The second-order valence-corrected chi connectivity index (χ2v) is 15.3. The molecule has 13 heteroatoms. The molecule has 6 aromatic carbocycles. The maximum Gasteiger partial charge on any atom is 0.338 e. The highest BCUT2D eigenvalue weighted by Crippen LogP contribution is 2.56. The highest BCUT2D eigenvalue weighted by molar-refractivity contribution is 5.94. The van der Waals surface area contributed by atoms with Gasteiger partial charge in [-0.05, 0) is 113 Å². The average molecular weight is 907 g/mol. The molecule has 0 atom stereocenters. The fraction of sp³-hybridized carbons (Fsp3) is 0.241. The molecule has 0 saturated carbocycles. The maximum atomic E-state index is 12.8. The van der Waals surface area contributed by atoms with Crippen LogP contribution < -0.4 is 9.47 Å². The summed E-state index contributed by atoms with van der Waals surface area (Å²) in [6.07, 6.45) is 2.14. The van der Waals surface area contributed by atoms with Crippen molar-refractivity contribution in [2.45, 2.75) is 31.6 Å². The van der Waals surface area contributed by atoms with Gasteiger partial charge in [-0.2, -0.15) is 0 Å². The number of carbonyl (C=O) groups is 5. The molecular formula is C54H50O13. The van der Waals surface area contributed by atoms with E-state index in [4.69, 9.17) is 38.3 Å². The first kappa shape index (κ1) is 47.2. The van der Waals surface area contributed by atoms with Crippen molar-refractivity contribution in [2.75, 3.05) is 52.9 Å². The second kappa shape index (κ2) is 22.9. The summed E-state index contributed by atoms with van der Waals surface area (Å²) in [6.45, 7) is 1.69. The van der Waals surface area contributed by atoms with Gasteiger partial charge in [0.1, 0.15) is 57.7 Å². The molecule has 6 aromatic rings. The molecular weight excluding hydrogens is 857 g/mol. The number of aliphatic hydroxyl groups is 1. The monoisotopic (exact) mass is 906 g/mol. The number of ether oxygens (including phenoxy) is 7. The van der Waals surface area contributed by atoms with Gasteiger partial charge in [-0.1, -0.05) is 86.1 Å². The van der Waals surface area contributed by atoms with Crippen LogP contribution in [0.1, 0.15) is 89.9 Å². The first-order valence-corrected chi connectivity index (χ1v) is 22.0. The summed E-state index contributed by atoms with van der Waals surface area (Å²) in [5.74, 6) is -1.52. The van der Waals surface area contributed by atoms with E-state index in [0.717, 1.165) is 46.2 Å². The minimum absolute atomic E-state index is 0.0230. The molecule has 0 aliphatic heterocycles. The van der Waals surface area contributed by atoms with Crippen molar-refractivity contribution in [3.8, 4) is 22.6 Å². The molecule has 0 spiro atoms. The molecule has 0 fully saturated rings. The van der Waals surface area contributed by atoms with E-state index in [2.05, 4.69) is 72.8 Å². The van der Waals surface area contributed by atoms with Gasteiger partial charge in [0, 0.05) is 6.42 Å². The van der Waals surface area contributed by atoms with Crippen molar-refractivity contribution >= 4 is 29.8 Å². The van der Waals surface area contributed by atoms with E-state index in [1.165, 1.54) is 48.5 Å². The summed E-state index contributed by atoms with van der Waals surface area (Å²) in [5.41, 5.74) is 6.85. The van der Waals surface area contributed by atoms with Crippen LogP contribution in [-0.2, 0) is 33.9 Å². The molecule has 0 heterocycles. The molecule has 344 valence electrons. The zero-order chi connectivity index (χ0) is 47.0. The van der Waals surface area contributed by atoms with Crippen LogP contribution in [0.3, 0.4) is 0 Å². The summed E-state index contributed by atoms with van der Waals surface area (Å²) in [4.78, 5) is 61.5. The molecule has 1 N–H and O–H groups in total. The number of rotatable bonds is 22. The van der Waals surface area contributed by atoms with Gasteiger partial charge in [-0.25, -0.2) is 19.2 Å². The van der Waals surface area contributed by atoms with E-state index in [1.807, 2.05) is 31.2 Å². The highest BCUT2D eigenvalue weighted by atomic mass is 16.6. The van der Waals surface area contributed by atoms with Gasteiger partial charge in [-0.3, -0.25) is 4.79 Å². The molecule has 0 unspecified atom stereocenters. The molecule has 67 heavy (non-hydrogen) atoms. The average Bonchev–Trinajstić information content (AvgIpc) is 3.67. The van der Waals surface area contributed by atoms with E-state index in [0.29, 0.717) is 17.9 Å². The fourth-order valence-electron chi connectivity index (χ4n) is 7.85. The van der Waals surface area contributed by atoms with Crippen molar-refractivity contribution in [3.05, 3.63) is 190 Å². The molecule has 0 amide bonds. The Morgan fingerprint density at radius 1 is 0.433 bits per heavy atom. The van der Waals surface area contributed by atoms with Crippen molar-refractivity contribution in [1.82, 2.24) is 0 Å². The van der Waals surface area contributed by atoms with Gasteiger partial charge >= 0.3 is 29.8 Å². The van der Waals surface area contributed by atoms with Gasteiger partial charge in [0.15, 0.2) is 0 Å². The quantitative estimate of drug-likeness (QED) is 0.0390. The third-order valence-electron chi connectivity index (χ3n) is 11.0. The third kappa shape index (κ3) is 11.4. The molecule has 7 rings (SSSR count). The van der Waals surface area contributed by atoms with Crippen LogP contribution in [0.5, 0.6) is 11.5 Å². The lowest BCUT2D eigenvalue weighted by molar-refractivity contribution is -0.144. The number of hydrogen-bond acceptors (Lipinski definition) is 13. The Morgan fingerprint density at radius 2 is 0.791 bits per heavy atom. The smallest absolute Gasteiger partial charge is 0.338 e. The molecule has 0 radical (unpaired) electrons. The predicted octanol–water partition coefficient (Wildman–Crippen LogP) is 8.56. The molecule has 0 saturated heterocycles. The molecule has 1 aliphatic carbocycles. The van der Waals surface area contributed by atoms with Crippen molar-refractivity contribution in [1.29, 1.82) is 0 Å². The second-order valence-electron chi connectivity index (χ2n) is 15.3. The maximum absolute atomic E-state index is 12.8. The largest absolute Gasteiger partial charge is 0.490 e. The Labute approximate surface area is 388 Å². The summed E-state index contributed by atoms with van der Waals surface area (Å²) in [5, 5.41) is 8.79. The minimum atomic E-state index is -0.675. The Kier molecular flexibility index (Phi) is 16.1. The standard InChI is InChI=1S/C54H50O13/c1-2-3-12-49(56)63-33-31-61-43-25-21-41(22-26-43)54(47-10-6-4-8-45(47)46-9-5-7-11-48(46)54)42-23-27-44(28-24-42)62-32-34-65-51(58)38-17-19-40(20-18-38)53(60)67-36-35-66-52(59)39-15-13-37(14-16-39)50(57)64-30-29-55/h4-11,13-28,55H,2-3,12,29-36H2,1H3. The van der Waals surface area contributed by atoms with Gasteiger partial charge in [-0.15, -0.1) is 0 Å². The van der Waals surface area contributed by atoms with E-state index in [-0.39, 0.29) is 81.1 Å². The lowest BCUT2D eigenvalue weighted by atomic mass is 9.68. The van der Waals surface area contributed by atoms with Crippen LogP contribution in [0.15, 0.2) is 146 Å². The van der Waals surface area contributed by atoms with Crippen molar-refractivity contribution < 1.29 is 62.2 Å². The zero-order valence-electron chi connectivity index (χ0n) is 37.0. The van der Waals surface area contributed by atoms with Crippen LogP contribution >= 0.6 is 0 Å². The lowest BCUT2D eigenvalue weighted by Gasteiger charge is -2.34. The highest BCUT2D eigenvalue weighted by Gasteiger charge is 2.45. The number of aliphatic hydroxyl groups excluding tert-OH is 1. The number of carbonyl (C=O) groups excluding carboxylic acids is 5. The number of esters is 5. The van der Waals surface area contributed by atoms with Crippen LogP contribution in [-0.4, -0.2) is 87.8 Å². The van der Waals surface area contributed by atoms with Crippen LogP contribution in [0.25, 0.3) is 11.1 Å². The molecule has 1 aliphatic rings. The number of hydrogen-bond donors (Lipinski definition) is 1. The van der Waals surface area contributed by atoms with E-state index >= 15 is 0 Å². The summed E-state index contributed by atoms with van der Waals surface area (Å²) in [7, 11) is 0. The lowest BCUT2D eigenvalue weighted by Crippen LogP contribution is -2.28. The van der Waals surface area contributed by atoms with Gasteiger partial charge in [0.05, 0.1) is 34.3 Å². The topological polar surface area (TPSA) is 170 Å². The zero-order valence-corrected chi connectivity index (χ0v) is 37.0. The third-order valence-corrected chi connectivity index (χ3v) is 11.0. The van der Waals surface area contributed by atoms with Crippen LogP contribution in [0.4, 0.5) is 0 Å². The first-order chi connectivity index (χ1) is 32.7. The molecule has 0 bridgehead atoms. The van der Waals surface area contributed by atoms with Gasteiger partial charge in [0.2, 0.25) is 0 Å². The molecule has 13 nitrogen and oxygen atoms in total. The number of fused-ring (bicyclic) bond motifs is 3. The normalized spacial score (nSPS) is 11.9. The number of benzene rings is 6. The summed E-state index contributed by atoms with van der Waals surface area (Å²) in [6, 6.07) is 44.2. The summed E-state index contributed by atoms with van der Waals surface area (Å²) < 4.78 is 37.9. The first-order valence-electron chi connectivity index (χ1n) is 22.0. The minimum Gasteiger partial charge on any atom is -0.490 e. The Bertz CT molecular complexity index is 2590. The Hall–Kier alpha value is -7.77. The summed E-state index contributed by atoms with van der Waals surface area (Å²) >= 11 is 0. The van der Waals surface area contributed by atoms with Gasteiger partial charge < -0.3 is 38.3 Å². The van der Waals surface area contributed by atoms with Crippen LogP contribution in [0.2, 0.25) is 0 Å². The SMILES string of the molecule is CCCCC(=O)OCCOc1ccc(C2(c3ccc(OCCOC(=O)c4ccc(C(=O)OCCOC(=O)c5ccc(C(=O)OCCO)cc5)cc4)cc3)c3ccccc3-c3ccccc32)cc1. The molecule has 0 aromatic heterocycles. The van der Waals surface area contributed by atoms with Crippen molar-refractivity contribution in [3.63, 3.8) is 0 Å². The van der Waals surface area contributed by atoms with Gasteiger partial charge in [0.25, 0.3) is 0 Å². The Balaban J connectivity index is 0.903. The van der Waals surface area contributed by atoms with E-state index in [9.17, 15) is 24.0 Å². The van der Waals surface area contributed by atoms with Crippen molar-refractivity contribution in [2.24, 2.45) is 0 Å². The number of unbranched alkanes of at least 4 members (excludes halogenated alkanes) is 1. The van der Waals surface area contributed by atoms with Crippen LogP contribution in [0, 0.1) is 0 Å². The van der Waals surface area contributed by atoms with E-state index < -0.39 is 29.3 Å². The predicted molar refractivity (Wildman–Crippen MR) is 246 cm³/mol. The van der Waals surface area contributed by atoms with E-state index in [1.54, 1.807) is 0 Å². The fourth-order valence-corrected chi connectivity index (χ4v) is 7.85.